The highest BCUT2D eigenvalue weighted by molar-refractivity contribution is 6.34. The Kier molecular flexibility index (Phi) is 5.07. The van der Waals surface area contributed by atoms with Crippen molar-refractivity contribution in [2.24, 2.45) is 0 Å². The minimum atomic E-state index is -0.419. The number of rotatable bonds is 4. The fourth-order valence-electron chi connectivity index (χ4n) is 3.78. The van der Waals surface area contributed by atoms with Crippen LogP contribution >= 0.6 is 0 Å². The van der Waals surface area contributed by atoms with E-state index >= 15 is 0 Å². The van der Waals surface area contributed by atoms with Gasteiger partial charge in [0.2, 0.25) is 0 Å². The summed E-state index contributed by atoms with van der Waals surface area (Å²) < 4.78 is 5.41. The molecule has 150 valence electrons. The summed E-state index contributed by atoms with van der Waals surface area (Å²) in [6.45, 7) is 6.50. The Balaban J connectivity index is 1.61. The molecule has 2 aliphatic heterocycles. The van der Waals surface area contributed by atoms with Gasteiger partial charge >= 0.3 is 0 Å². The SMILES string of the molecule is CCOc1ccc(N2C(=O)c3ccc(C(=O)N4CCNC[C@@H]4C)cc3C2=O)cc1. The molecule has 0 bridgehead atoms. The van der Waals surface area contributed by atoms with Crippen LogP contribution in [0.4, 0.5) is 5.69 Å². The first-order valence-corrected chi connectivity index (χ1v) is 9.78. The number of anilines is 1. The molecule has 0 aromatic heterocycles. The van der Waals surface area contributed by atoms with Crippen molar-refractivity contribution in [2.75, 3.05) is 31.1 Å². The van der Waals surface area contributed by atoms with Gasteiger partial charge < -0.3 is 15.0 Å². The normalized spacial score (nSPS) is 18.8. The predicted octanol–water partition coefficient (Wildman–Crippen LogP) is 2.32. The molecule has 7 nitrogen and oxygen atoms in total. The van der Waals surface area contributed by atoms with E-state index in [1.165, 1.54) is 0 Å². The zero-order valence-corrected chi connectivity index (χ0v) is 16.5. The van der Waals surface area contributed by atoms with E-state index in [0.29, 0.717) is 35.7 Å². The van der Waals surface area contributed by atoms with Crippen molar-refractivity contribution in [3.63, 3.8) is 0 Å². The van der Waals surface area contributed by atoms with Crippen molar-refractivity contribution in [3.8, 4) is 5.75 Å². The van der Waals surface area contributed by atoms with Crippen LogP contribution in [0, 0.1) is 0 Å². The van der Waals surface area contributed by atoms with Gasteiger partial charge in [0, 0.05) is 31.2 Å². The minimum absolute atomic E-state index is 0.0715. The second-order valence-electron chi connectivity index (χ2n) is 7.18. The molecule has 1 saturated heterocycles. The van der Waals surface area contributed by atoms with Gasteiger partial charge in [-0.3, -0.25) is 14.4 Å². The Labute approximate surface area is 169 Å². The molecule has 2 aromatic carbocycles. The molecule has 1 atom stereocenters. The zero-order valence-electron chi connectivity index (χ0n) is 16.5. The quantitative estimate of drug-likeness (QED) is 0.807. The summed E-state index contributed by atoms with van der Waals surface area (Å²) in [6.07, 6.45) is 0. The summed E-state index contributed by atoms with van der Waals surface area (Å²) in [5.41, 5.74) is 1.47. The zero-order chi connectivity index (χ0) is 20.5. The second-order valence-corrected chi connectivity index (χ2v) is 7.18. The number of nitrogens with one attached hydrogen (secondary N) is 1. The largest absolute Gasteiger partial charge is 0.494 e. The molecule has 1 fully saturated rings. The number of benzene rings is 2. The van der Waals surface area contributed by atoms with E-state index < -0.39 is 5.91 Å². The lowest BCUT2D eigenvalue weighted by atomic mass is 10.0. The fourth-order valence-corrected chi connectivity index (χ4v) is 3.78. The number of piperazine rings is 1. The minimum Gasteiger partial charge on any atom is -0.494 e. The Bertz CT molecular complexity index is 971. The Morgan fingerprint density at radius 3 is 2.52 bits per heavy atom. The van der Waals surface area contributed by atoms with Gasteiger partial charge in [-0.05, 0) is 56.3 Å². The van der Waals surface area contributed by atoms with E-state index in [1.54, 1.807) is 47.4 Å². The molecular weight excluding hydrogens is 370 g/mol. The molecule has 1 N–H and O–H groups in total. The highest BCUT2D eigenvalue weighted by Crippen LogP contribution is 2.30. The molecule has 2 heterocycles. The van der Waals surface area contributed by atoms with Gasteiger partial charge in [-0.2, -0.15) is 0 Å². The van der Waals surface area contributed by atoms with Crippen molar-refractivity contribution < 1.29 is 19.1 Å². The highest BCUT2D eigenvalue weighted by Gasteiger charge is 2.37. The lowest BCUT2D eigenvalue weighted by Crippen LogP contribution is -2.52. The summed E-state index contributed by atoms with van der Waals surface area (Å²) in [5, 5.41) is 3.25. The first kappa shape index (κ1) is 19.1. The van der Waals surface area contributed by atoms with Crippen molar-refractivity contribution in [3.05, 3.63) is 59.2 Å². The first-order chi connectivity index (χ1) is 14.0. The lowest BCUT2D eigenvalue weighted by molar-refractivity contribution is 0.0655. The molecule has 0 spiro atoms. The topological polar surface area (TPSA) is 79.0 Å². The number of fused-ring (bicyclic) bond motifs is 1. The number of hydrogen-bond acceptors (Lipinski definition) is 5. The third-order valence-corrected chi connectivity index (χ3v) is 5.30. The van der Waals surface area contributed by atoms with Crippen LogP contribution in [0.1, 0.15) is 44.9 Å². The van der Waals surface area contributed by atoms with E-state index in [0.717, 1.165) is 18.0 Å². The number of carbonyl (C=O) groups is 3. The van der Waals surface area contributed by atoms with Crippen molar-refractivity contribution >= 4 is 23.4 Å². The molecule has 2 aliphatic rings. The molecule has 3 amide bonds. The summed E-state index contributed by atoms with van der Waals surface area (Å²) >= 11 is 0. The van der Waals surface area contributed by atoms with Gasteiger partial charge in [-0.1, -0.05) is 0 Å². The van der Waals surface area contributed by atoms with E-state index in [1.807, 2.05) is 13.8 Å². The molecule has 4 rings (SSSR count). The molecule has 0 unspecified atom stereocenters. The average Bonchev–Trinajstić information content (AvgIpc) is 2.99. The molecule has 7 heteroatoms. The molecule has 0 aliphatic carbocycles. The number of carbonyl (C=O) groups excluding carboxylic acids is 3. The van der Waals surface area contributed by atoms with Gasteiger partial charge in [0.25, 0.3) is 17.7 Å². The molecular formula is C22H23N3O4. The Hall–Kier alpha value is -3.19. The monoisotopic (exact) mass is 393 g/mol. The number of nitrogens with zero attached hydrogens (tertiary/aromatic N) is 2. The van der Waals surface area contributed by atoms with Gasteiger partial charge in [0.05, 0.1) is 23.4 Å². The van der Waals surface area contributed by atoms with Gasteiger partial charge in [-0.25, -0.2) is 4.90 Å². The van der Waals surface area contributed by atoms with Crippen LogP contribution in [0.2, 0.25) is 0 Å². The first-order valence-electron chi connectivity index (χ1n) is 9.78. The summed E-state index contributed by atoms with van der Waals surface area (Å²) in [6, 6.07) is 11.6. The Morgan fingerprint density at radius 1 is 1.10 bits per heavy atom. The summed E-state index contributed by atoms with van der Waals surface area (Å²) in [4.78, 5) is 41.7. The van der Waals surface area contributed by atoms with Crippen LogP contribution in [-0.2, 0) is 0 Å². The fraction of sp³-hybridized carbons (Fsp3) is 0.318. The number of ether oxygens (including phenoxy) is 1. The van der Waals surface area contributed by atoms with Gasteiger partial charge in [0.15, 0.2) is 0 Å². The summed E-state index contributed by atoms with van der Waals surface area (Å²) in [7, 11) is 0. The van der Waals surface area contributed by atoms with Gasteiger partial charge in [0.1, 0.15) is 5.75 Å². The molecule has 0 radical (unpaired) electrons. The van der Waals surface area contributed by atoms with Crippen LogP contribution in [0.5, 0.6) is 5.75 Å². The standard InChI is InChI=1S/C22H23N3O4/c1-3-29-17-7-5-16(6-8-17)25-21(27)18-9-4-15(12-19(18)22(25)28)20(26)24-11-10-23-13-14(24)2/h4-9,12,14,23H,3,10-11,13H2,1-2H3/t14-/m0/s1. The van der Waals surface area contributed by atoms with E-state index in [9.17, 15) is 14.4 Å². The summed E-state index contributed by atoms with van der Waals surface area (Å²) in [5.74, 6) is -0.256. The van der Waals surface area contributed by atoms with E-state index in [4.69, 9.17) is 4.74 Å². The van der Waals surface area contributed by atoms with Crippen molar-refractivity contribution in [2.45, 2.75) is 19.9 Å². The maximum absolute atomic E-state index is 13.0. The van der Waals surface area contributed by atoms with Crippen molar-refractivity contribution in [1.82, 2.24) is 10.2 Å². The van der Waals surface area contributed by atoms with E-state index in [2.05, 4.69) is 5.32 Å². The third-order valence-electron chi connectivity index (χ3n) is 5.30. The maximum atomic E-state index is 13.0. The van der Waals surface area contributed by atoms with Crippen LogP contribution in [0.25, 0.3) is 0 Å². The van der Waals surface area contributed by atoms with Crippen LogP contribution in [-0.4, -0.2) is 54.9 Å². The van der Waals surface area contributed by atoms with Crippen LogP contribution in [0.15, 0.2) is 42.5 Å². The third kappa shape index (κ3) is 3.38. The highest BCUT2D eigenvalue weighted by atomic mass is 16.5. The molecule has 29 heavy (non-hydrogen) atoms. The maximum Gasteiger partial charge on any atom is 0.266 e. The smallest absolute Gasteiger partial charge is 0.266 e. The number of imide groups is 1. The average molecular weight is 393 g/mol. The molecule has 2 aromatic rings. The number of hydrogen-bond donors (Lipinski definition) is 1. The predicted molar refractivity (Wildman–Crippen MR) is 109 cm³/mol. The second kappa shape index (κ2) is 7.67. The lowest BCUT2D eigenvalue weighted by Gasteiger charge is -2.34. The molecule has 0 saturated carbocycles. The van der Waals surface area contributed by atoms with Gasteiger partial charge in [-0.15, -0.1) is 0 Å². The van der Waals surface area contributed by atoms with Crippen LogP contribution in [0.3, 0.4) is 0 Å². The number of amides is 3. The Morgan fingerprint density at radius 2 is 1.83 bits per heavy atom. The van der Waals surface area contributed by atoms with Crippen LogP contribution < -0.4 is 15.0 Å². The van der Waals surface area contributed by atoms with Crippen molar-refractivity contribution in [1.29, 1.82) is 0 Å². The van der Waals surface area contributed by atoms with E-state index in [-0.39, 0.29) is 23.4 Å².